The van der Waals surface area contributed by atoms with E-state index in [-0.39, 0.29) is 13.0 Å². The summed E-state index contributed by atoms with van der Waals surface area (Å²) >= 11 is 0. The standard InChI is InChI=1S/C13H15NO4/c1-9-2-4-11(18-7-6-12(14)15)10(8-9)3-5-13(16)17/h2-5,8H,6-7H2,1H3,(H2,14,15)(H,16,17). The van der Waals surface area contributed by atoms with E-state index >= 15 is 0 Å². The predicted octanol–water partition coefficient (Wildman–Crippen LogP) is 1.35. The topological polar surface area (TPSA) is 89.6 Å². The molecular formula is C13H15NO4. The maximum atomic E-state index is 10.6. The summed E-state index contributed by atoms with van der Waals surface area (Å²) in [5, 5.41) is 8.60. The summed E-state index contributed by atoms with van der Waals surface area (Å²) in [6, 6.07) is 5.38. The fourth-order valence-electron chi connectivity index (χ4n) is 1.35. The van der Waals surface area contributed by atoms with Crippen molar-refractivity contribution >= 4 is 18.0 Å². The molecule has 1 aromatic rings. The van der Waals surface area contributed by atoms with E-state index < -0.39 is 11.9 Å². The van der Waals surface area contributed by atoms with E-state index in [0.717, 1.165) is 11.6 Å². The number of rotatable bonds is 6. The first-order valence-electron chi connectivity index (χ1n) is 5.42. The molecule has 5 nitrogen and oxygen atoms in total. The van der Waals surface area contributed by atoms with Gasteiger partial charge in [-0.05, 0) is 25.1 Å². The van der Waals surface area contributed by atoms with Gasteiger partial charge < -0.3 is 15.6 Å². The molecule has 0 fully saturated rings. The third-order valence-electron chi connectivity index (χ3n) is 2.18. The van der Waals surface area contributed by atoms with E-state index in [4.69, 9.17) is 15.6 Å². The highest BCUT2D eigenvalue weighted by Crippen LogP contribution is 2.21. The van der Waals surface area contributed by atoms with Gasteiger partial charge in [-0.1, -0.05) is 11.6 Å². The fraction of sp³-hybridized carbons (Fsp3) is 0.231. The molecule has 0 spiro atoms. The van der Waals surface area contributed by atoms with Crippen molar-refractivity contribution in [1.29, 1.82) is 0 Å². The van der Waals surface area contributed by atoms with Crippen molar-refractivity contribution in [3.05, 3.63) is 35.4 Å². The maximum Gasteiger partial charge on any atom is 0.328 e. The molecule has 0 saturated heterocycles. The number of hydrogen-bond acceptors (Lipinski definition) is 3. The Kier molecular flexibility index (Phi) is 4.92. The van der Waals surface area contributed by atoms with Crippen LogP contribution in [0, 0.1) is 6.92 Å². The Morgan fingerprint density at radius 2 is 2.17 bits per heavy atom. The normalized spacial score (nSPS) is 10.5. The quantitative estimate of drug-likeness (QED) is 0.744. The Labute approximate surface area is 105 Å². The van der Waals surface area contributed by atoms with E-state index in [9.17, 15) is 9.59 Å². The number of primary amides is 1. The lowest BCUT2D eigenvalue weighted by atomic mass is 10.1. The molecule has 1 aromatic carbocycles. The molecule has 0 unspecified atom stereocenters. The Morgan fingerprint density at radius 1 is 1.44 bits per heavy atom. The summed E-state index contributed by atoms with van der Waals surface area (Å²) in [6.07, 6.45) is 2.61. The number of aryl methyl sites for hydroxylation is 1. The Bertz CT molecular complexity index is 480. The Morgan fingerprint density at radius 3 is 2.78 bits per heavy atom. The van der Waals surface area contributed by atoms with Crippen LogP contribution < -0.4 is 10.5 Å². The van der Waals surface area contributed by atoms with E-state index in [1.807, 2.05) is 13.0 Å². The van der Waals surface area contributed by atoms with E-state index in [2.05, 4.69) is 0 Å². The molecule has 0 aliphatic heterocycles. The van der Waals surface area contributed by atoms with Gasteiger partial charge in [0, 0.05) is 11.6 Å². The largest absolute Gasteiger partial charge is 0.492 e. The highest BCUT2D eigenvalue weighted by atomic mass is 16.5. The van der Waals surface area contributed by atoms with Gasteiger partial charge in [-0.3, -0.25) is 4.79 Å². The summed E-state index contributed by atoms with van der Waals surface area (Å²) in [5.74, 6) is -0.941. The maximum absolute atomic E-state index is 10.6. The average molecular weight is 249 g/mol. The first-order valence-corrected chi connectivity index (χ1v) is 5.42. The number of nitrogens with two attached hydrogens (primary N) is 1. The van der Waals surface area contributed by atoms with E-state index in [1.54, 1.807) is 12.1 Å². The molecule has 0 atom stereocenters. The lowest BCUT2D eigenvalue weighted by Gasteiger charge is -2.09. The van der Waals surface area contributed by atoms with Crippen molar-refractivity contribution in [2.24, 2.45) is 5.73 Å². The number of aliphatic carboxylic acids is 1. The molecule has 0 saturated carbocycles. The van der Waals surface area contributed by atoms with Crippen LogP contribution in [-0.4, -0.2) is 23.6 Å². The van der Waals surface area contributed by atoms with Gasteiger partial charge in [0.05, 0.1) is 13.0 Å². The fourth-order valence-corrected chi connectivity index (χ4v) is 1.35. The van der Waals surface area contributed by atoms with Gasteiger partial charge in [0.1, 0.15) is 5.75 Å². The Hall–Kier alpha value is -2.30. The van der Waals surface area contributed by atoms with Gasteiger partial charge in [-0.25, -0.2) is 4.79 Å². The number of carbonyl (C=O) groups excluding carboxylic acids is 1. The predicted molar refractivity (Wildman–Crippen MR) is 67.2 cm³/mol. The summed E-state index contributed by atoms with van der Waals surface area (Å²) in [7, 11) is 0. The highest BCUT2D eigenvalue weighted by molar-refractivity contribution is 5.86. The van der Waals surface area contributed by atoms with Gasteiger partial charge in [0.25, 0.3) is 0 Å². The van der Waals surface area contributed by atoms with Crippen LogP contribution in [0.4, 0.5) is 0 Å². The SMILES string of the molecule is Cc1ccc(OCCC(N)=O)c(C=CC(=O)O)c1. The van der Waals surface area contributed by atoms with Gasteiger partial charge >= 0.3 is 5.97 Å². The van der Waals surface area contributed by atoms with Crippen LogP contribution in [0.25, 0.3) is 6.08 Å². The zero-order chi connectivity index (χ0) is 13.5. The summed E-state index contributed by atoms with van der Waals surface area (Å²) < 4.78 is 5.39. The molecule has 0 aromatic heterocycles. The second-order valence-electron chi connectivity index (χ2n) is 3.78. The van der Waals surface area contributed by atoms with Crippen LogP contribution in [0.2, 0.25) is 0 Å². The summed E-state index contributed by atoms with van der Waals surface area (Å²) in [5.41, 5.74) is 6.65. The molecule has 0 bridgehead atoms. The lowest BCUT2D eigenvalue weighted by Crippen LogP contribution is -2.14. The molecule has 18 heavy (non-hydrogen) atoms. The van der Waals surface area contributed by atoms with Crippen LogP contribution in [0.1, 0.15) is 17.5 Å². The third kappa shape index (κ3) is 4.69. The number of carbonyl (C=O) groups is 2. The molecule has 3 N–H and O–H groups in total. The molecule has 0 aliphatic rings. The third-order valence-corrected chi connectivity index (χ3v) is 2.18. The molecule has 1 amide bonds. The van der Waals surface area contributed by atoms with E-state index in [1.165, 1.54) is 6.08 Å². The van der Waals surface area contributed by atoms with E-state index in [0.29, 0.717) is 11.3 Å². The zero-order valence-electron chi connectivity index (χ0n) is 10.1. The molecule has 0 aliphatic carbocycles. The number of ether oxygens (including phenoxy) is 1. The van der Waals surface area contributed by atoms with Crippen LogP contribution in [0.5, 0.6) is 5.75 Å². The van der Waals surface area contributed by atoms with Crippen LogP contribution >= 0.6 is 0 Å². The van der Waals surface area contributed by atoms with Gasteiger partial charge in [0.15, 0.2) is 0 Å². The number of carboxylic acids is 1. The van der Waals surface area contributed by atoms with Crippen molar-refractivity contribution < 1.29 is 19.4 Å². The minimum atomic E-state index is -1.03. The molecule has 1 rings (SSSR count). The highest BCUT2D eigenvalue weighted by Gasteiger charge is 2.03. The summed E-state index contributed by atoms with van der Waals surface area (Å²) in [6.45, 7) is 2.07. The van der Waals surface area contributed by atoms with Crippen LogP contribution in [-0.2, 0) is 9.59 Å². The zero-order valence-corrected chi connectivity index (χ0v) is 10.1. The van der Waals surface area contributed by atoms with Gasteiger partial charge in [-0.2, -0.15) is 0 Å². The molecule has 96 valence electrons. The van der Waals surface area contributed by atoms with Crippen LogP contribution in [0.15, 0.2) is 24.3 Å². The van der Waals surface area contributed by atoms with Crippen molar-refractivity contribution in [3.8, 4) is 5.75 Å². The average Bonchev–Trinajstić information content (AvgIpc) is 2.28. The first-order chi connectivity index (χ1) is 8.49. The van der Waals surface area contributed by atoms with Crippen molar-refractivity contribution in [1.82, 2.24) is 0 Å². The second-order valence-corrected chi connectivity index (χ2v) is 3.78. The monoisotopic (exact) mass is 249 g/mol. The van der Waals surface area contributed by atoms with Gasteiger partial charge in [-0.15, -0.1) is 0 Å². The van der Waals surface area contributed by atoms with Crippen molar-refractivity contribution in [3.63, 3.8) is 0 Å². The first kappa shape index (κ1) is 13.8. The molecule has 0 radical (unpaired) electrons. The number of benzene rings is 1. The lowest BCUT2D eigenvalue weighted by molar-refractivity contribution is -0.131. The molecule has 0 heterocycles. The molecule has 5 heteroatoms. The second kappa shape index (κ2) is 6.44. The minimum absolute atomic E-state index is 0.121. The number of carboxylic acid groups (broad SMARTS) is 1. The minimum Gasteiger partial charge on any atom is -0.492 e. The number of hydrogen-bond donors (Lipinski definition) is 2. The smallest absolute Gasteiger partial charge is 0.328 e. The van der Waals surface area contributed by atoms with Crippen LogP contribution in [0.3, 0.4) is 0 Å². The van der Waals surface area contributed by atoms with Gasteiger partial charge in [0.2, 0.25) is 5.91 Å². The summed E-state index contributed by atoms with van der Waals surface area (Å²) in [4.78, 5) is 21.1. The Balaban J connectivity index is 2.82. The van der Waals surface area contributed by atoms with Crippen molar-refractivity contribution in [2.45, 2.75) is 13.3 Å². The van der Waals surface area contributed by atoms with Crippen molar-refractivity contribution in [2.75, 3.05) is 6.61 Å². The molecular weight excluding hydrogens is 234 g/mol. The number of amides is 1.